The second kappa shape index (κ2) is 13.7. The van der Waals surface area contributed by atoms with Crippen molar-refractivity contribution in [3.05, 3.63) is 105 Å². The lowest BCUT2D eigenvalue weighted by Crippen LogP contribution is -2.25. The van der Waals surface area contributed by atoms with Gasteiger partial charge in [-0.2, -0.15) is 26.3 Å². The van der Waals surface area contributed by atoms with Crippen LogP contribution in [0.3, 0.4) is 0 Å². The number of hydrogen-bond acceptors (Lipinski definition) is 5. The maximum absolute atomic E-state index is 13.6. The molecule has 0 atom stereocenters. The first-order chi connectivity index (χ1) is 20.7. The van der Waals surface area contributed by atoms with Crippen molar-refractivity contribution in [2.24, 2.45) is 0 Å². The maximum atomic E-state index is 13.6. The van der Waals surface area contributed by atoms with E-state index in [0.29, 0.717) is 35.7 Å². The maximum Gasteiger partial charge on any atom is 0.416 e. The number of rotatable bonds is 11. The third-order valence-corrected chi connectivity index (χ3v) is 7.00. The lowest BCUT2D eigenvalue weighted by Gasteiger charge is -2.26. The summed E-state index contributed by atoms with van der Waals surface area (Å²) in [5.74, 6) is 0.357. The summed E-state index contributed by atoms with van der Waals surface area (Å²) in [7, 11) is 0. The molecular formula is C32H28ClF6N3O2. The van der Waals surface area contributed by atoms with Crippen LogP contribution in [0.15, 0.2) is 67.0 Å². The molecule has 0 amide bonds. The number of unbranched alkanes of at least 4 members (excludes halogenated alkanes) is 1. The lowest BCUT2D eigenvalue weighted by molar-refractivity contribution is -0.143. The Labute approximate surface area is 255 Å². The van der Waals surface area contributed by atoms with Gasteiger partial charge in [0, 0.05) is 24.5 Å². The van der Waals surface area contributed by atoms with Crippen LogP contribution in [0.2, 0.25) is 5.02 Å². The third-order valence-electron chi connectivity index (χ3n) is 6.77. The van der Waals surface area contributed by atoms with Crippen LogP contribution >= 0.6 is 11.6 Å². The number of halogens is 7. The minimum Gasteiger partial charge on any atom is -0.490 e. The number of carbonyl (C=O) groups excluding carboxylic acids is 1. The Bertz CT molecular complexity index is 1580. The summed E-state index contributed by atoms with van der Waals surface area (Å²) in [6.07, 6.45) is -5.70. The molecule has 3 aromatic carbocycles. The van der Waals surface area contributed by atoms with Gasteiger partial charge in [-0.25, -0.2) is 9.97 Å². The van der Waals surface area contributed by atoms with Crippen LogP contribution in [0.25, 0.3) is 11.1 Å². The summed E-state index contributed by atoms with van der Waals surface area (Å²) < 4.78 is 87.4. The molecule has 1 aromatic heterocycles. The summed E-state index contributed by atoms with van der Waals surface area (Å²) in [5, 5.41) is 0.504. The zero-order valence-corrected chi connectivity index (χ0v) is 24.5. The Balaban J connectivity index is 1.78. The largest absolute Gasteiger partial charge is 0.490 e. The minimum atomic E-state index is -4.99. The van der Waals surface area contributed by atoms with Gasteiger partial charge in [0.05, 0.1) is 30.1 Å². The fraction of sp³-hybridized carbons (Fsp3) is 0.281. The number of aldehydes is 1. The van der Waals surface area contributed by atoms with E-state index in [4.69, 9.17) is 16.3 Å². The first-order valence-electron chi connectivity index (χ1n) is 13.5. The van der Waals surface area contributed by atoms with Gasteiger partial charge in [-0.3, -0.25) is 0 Å². The predicted octanol–water partition coefficient (Wildman–Crippen LogP) is 9.02. The van der Waals surface area contributed by atoms with Gasteiger partial charge in [0.15, 0.2) is 5.75 Å². The molecule has 0 N–H and O–H groups in total. The van der Waals surface area contributed by atoms with Gasteiger partial charge in [-0.15, -0.1) is 0 Å². The van der Waals surface area contributed by atoms with Crippen molar-refractivity contribution in [3.63, 3.8) is 0 Å². The molecule has 1 heterocycles. The van der Waals surface area contributed by atoms with Gasteiger partial charge in [-0.1, -0.05) is 41.4 Å². The second-order valence-corrected chi connectivity index (χ2v) is 10.7. The standard InChI is InChI=1S/C32H28ClF6N3O2/c1-20-5-8-28(29-15-26(33)7-6-21(29)2)23(11-20)19-42(30-40-16-27(17-41-30)44-10-4-3-9-43)18-22-12-24(31(34,35)36)14-25(13-22)32(37,38)39/h5-9,11-17H,3-4,10,18-19H2,1-2H3. The summed E-state index contributed by atoms with van der Waals surface area (Å²) in [6, 6.07) is 12.6. The first kappa shape index (κ1) is 32.8. The number of ether oxygens (including phenoxy) is 1. The van der Waals surface area contributed by atoms with Gasteiger partial charge < -0.3 is 14.4 Å². The highest BCUT2D eigenvalue weighted by Crippen LogP contribution is 2.37. The number of benzene rings is 3. The normalized spacial score (nSPS) is 11.8. The molecule has 5 nitrogen and oxygen atoms in total. The summed E-state index contributed by atoms with van der Waals surface area (Å²) in [4.78, 5) is 20.7. The first-order valence-corrected chi connectivity index (χ1v) is 13.9. The van der Waals surface area contributed by atoms with Gasteiger partial charge in [0.1, 0.15) is 6.29 Å². The highest BCUT2D eigenvalue weighted by Gasteiger charge is 2.37. The van der Waals surface area contributed by atoms with Crippen molar-refractivity contribution >= 4 is 23.8 Å². The van der Waals surface area contributed by atoms with Crippen LogP contribution < -0.4 is 9.64 Å². The number of alkyl halides is 6. The quantitative estimate of drug-likeness (QED) is 0.0935. The molecule has 0 aliphatic heterocycles. The number of aryl methyl sites for hydroxylation is 2. The zero-order chi connectivity index (χ0) is 32.1. The number of aromatic nitrogens is 2. The smallest absolute Gasteiger partial charge is 0.416 e. The van der Waals surface area contributed by atoms with Gasteiger partial charge in [0.2, 0.25) is 5.95 Å². The summed E-state index contributed by atoms with van der Waals surface area (Å²) >= 11 is 6.29. The molecule has 0 saturated carbocycles. The van der Waals surface area contributed by atoms with Crippen LogP contribution in [0.1, 0.15) is 46.2 Å². The van der Waals surface area contributed by atoms with E-state index in [1.54, 1.807) is 12.1 Å². The van der Waals surface area contributed by atoms with Crippen molar-refractivity contribution in [2.75, 3.05) is 11.5 Å². The van der Waals surface area contributed by atoms with Gasteiger partial charge in [0.25, 0.3) is 0 Å². The van der Waals surface area contributed by atoms with E-state index in [2.05, 4.69) is 9.97 Å². The Hall–Kier alpha value is -4.12. The van der Waals surface area contributed by atoms with Gasteiger partial charge in [-0.05, 0) is 78.4 Å². The molecule has 0 aliphatic rings. The van der Waals surface area contributed by atoms with E-state index in [1.165, 1.54) is 17.3 Å². The Morgan fingerprint density at radius 3 is 2.11 bits per heavy atom. The average Bonchev–Trinajstić information content (AvgIpc) is 2.96. The van der Waals surface area contributed by atoms with Crippen LogP contribution in [0.4, 0.5) is 32.3 Å². The van der Waals surface area contributed by atoms with Crippen LogP contribution in [0, 0.1) is 13.8 Å². The molecule has 0 unspecified atom stereocenters. The summed E-state index contributed by atoms with van der Waals surface area (Å²) in [5.41, 5.74) is 1.12. The highest BCUT2D eigenvalue weighted by atomic mass is 35.5. The Morgan fingerprint density at radius 1 is 0.841 bits per heavy atom. The van der Waals surface area contributed by atoms with Crippen molar-refractivity contribution in [2.45, 2.75) is 52.1 Å². The number of nitrogens with zero attached hydrogens (tertiary/aromatic N) is 3. The molecule has 0 fully saturated rings. The third kappa shape index (κ3) is 8.49. The fourth-order valence-corrected chi connectivity index (χ4v) is 4.81. The molecule has 0 aliphatic carbocycles. The lowest BCUT2D eigenvalue weighted by atomic mass is 9.94. The SMILES string of the molecule is Cc1ccc(-c2cc(Cl)ccc2C)c(CN(Cc2cc(C(F)(F)F)cc(C(F)(F)F)c2)c2ncc(OCCCC=O)cn2)c1. The van der Waals surface area contributed by atoms with Crippen LogP contribution in [-0.2, 0) is 30.2 Å². The highest BCUT2D eigenvalue weighted by molar-refractivity contribution is 6.30. The average molecular weight is 636 g/mol. The van der Waals surface area contributed by atoms with Crippen molar-refractivity contribution in [3.8, 4) is 16.9 Å². The molecule has 44 heavy (non-hydrogen) atoms. The Kier molecular flexibility index (Phi) is 10.2. The number of anilines is 1. The molecule has 0 spiro atoms. The van der Waals surface area contributed by atoms with Crippen molar-refractivity contribution in [1.82, 2.24) is 9.97 Å². The van der Waals surface area contributed by atoms with E-state index in [1.807, 2.05) is 38.1 Å². The molecular weight excluding hydrogens is 608 g/mol. The molecule has 232 valence electrons. The molecule has 4 aromatic rings. The van der Waals surface area contributed by atoms with E-state index in [9.17, 15) is 31.1 Å². The van der Waals surface area contributed by atoms with Crippen molar-refractivity contribution in [1.29, 1.82) is 0 Å². The molecule has 4 rings (SSSR count). The second-order valence-electron chi connectivity index (χ2n) is 10.3. The molecule has 12 heteroatoms. The number of hydrogen-bond donors (Lipinski definition) is 0. The summed E-state index contributed by atoms with van der Waals surface area (Å²) in [6.45, 7) is 3.69. The molecule has 0 saturated heterocycles. The Morgan fingerprint density at radius 2 is 1.50 bits per heavy atom. The number of carbonyl (C=O) groups is 1. The van der Waals surface area contributed by atoms with E-state index in [-0.39, 0.29) is 37.3 Å². The van der Waals surface area contributed by atoms with Gasteiger partial charge >= 0.3 is 12.4 Å². The fourth-order valence-electron chi connectivity index (χ4n) is 4.64. The van der Waals surface area contributed by atoms with E-state index >= 15 is 0 Å². The molecule has 0 radical (unpaired) electrons. The van der Waals surface area contributed by atoms with E-state index in [0.717, 1.165) is 34.1 Å². The predicted molar refractivity (Wildman–Crippen MR) is 156 cm³/mol. The monoisotopic (exact) mass is 635 g/mol. The molecule has 0 bridgehead atoms. The minimum absolute atomic E-state index is 0.0418. The zero-order valence-electron chi connectivity index (χ0n) is 23.8. The van der Waals surface area contributed by atoms with Crippen LogP contribution in [-0.4, -0.2) is 22.9 Å². The van der Waals surface area contributed by atoms with Crippen molar-refractivity contribution < 1.29 is 35.9 Å². The van der Waals surface area contributed by atoms with Crippen LogP contribution in [0.5, 0.6) is 5.75 Å². The van der Waals surface area contributed by atoms with E-state index < -0.39 is 23.5 Å². The topological polar surface area (TPSA) is 55.3 Å².